The molecule has 8 nitrogen and oxygen atoms in total. The maximum Gasteiger partial charge on any atom is 0.261 e. The van der Waals surface area contributed by atoms with E-state index >= 15 is 0 Å². The number of aromatic nitrogens is 2. The van der Waals surface area contributed by atoms with Gasteiger partial charge in [-0.05, 0) is 39.2 Å². The van der Waals surface area contributed by atoms with Crippen molar-refractivity contribution >= 4 is 5.57 Å². The molecular formula is C20H34N6O2. The summed E-state index contributed by atoms with van der Waals surface area (Å²) >= 11 is 0. The minimum Gasteiger partial charge on any atom is -0.402 e. The highest BCUT2D eigenvalue weighted by atomic mass is 16.5. The summed E-state index contributed by atoms with van der Waals surface area (Å²) in [6.45, 7) is 5.14. The molecule has 1 aromatic rings. The molecule has 2 unspecified atom stereocenters. The van der Waals surface area contributed by atoms with E-state index < -0.39 is 0 Å². The molecule has 0 aromatic carbocycles. The van der Waals surface area contributed by atoms with Crippen molar-refractivity contribution in [3.05, 3.63) is 29.3 Å². The maximum absolute atomic E-state index is 6.53. The highest BCUT2D eigenvalue weighted by Crippen LogP contribution is 2.25. The van der Waals surface area contributed by atoms with Crippen LogP contribution in [0, 0.1) is 6.92 Å². The van der Waals surface area contributed by atoms with Gasteiger partial charge in [0.1, 0.15) is 5.82 Å². The van der Waals surface area contributed by atoms with Crippen LogP contribution in [0.2, 0.25) is 0 Å². The number of hydrogen-bond acceptors (Lipinski definition) is 8. The number of allylic oxidation sites excluding steroid dienone is 3. The fourth-order valence-electron chi connectivity index (χ4n) is 4.19. The normalized spacial score (nSPS) is 25.7. The van der Waals surface area contributed by atoms with Crippen molar-refractivity contribution in [1.82, 2.24) is 20.4 Å². The zero-order valence-corrected chi connectivity index (χ0v) is 17.3. The van der Waals surface area contributed by atoms with E-state index in [0.717, 1.165) is 13.0 Å². The number of ether oxygens (including phenoxy) is 1. The smallest absolute Gasteiger partial charge is 0.261 e. The molecule has 1 saturated carbocycles. The molecule has 1 saturated heterocycles. The number of piperidine rings is 1. The first-order valence-electron chi connectivity index (χ1n) is 10.3. The second-order valence-electron chi connectivity index (χ2n) is 7.95. The van der Waals surface area contributed by atoms with E-state index in [-0.39, 0.29) is 6.10 Å². The minimum atomic E-state index is 0.0721. The van der Waals surface area contributed by atoms with Crippen molar-refractivity contribution in [2.45, 2.75) is 70.6 Å². The molecule has 5 N–H and O–H groups in total. The number of aryl methyl sites for hydroxylation is 1. The van der Waals surface area contributed by atoms with Gasteiger partial charge in [0.15, 0.2) is 5.82 Å². The van der Waals surface area contributed by atoms with Gasteiger partial charge in [-0.1, -0.05) is 24.4 Å². The molecule has 0 amide bonds. The van der Waals surface area contributed by atoms with Crippen LogP contribution >= 0.6 is 0 Å². The number of nitrogens with one attached hydrogen (secondary N) is 1. The van der Waals surface area contributed by atoms with Gasteiger partial charge in [0.05, 0.1) is 11.7 Å². The summed E-state index contributed by atoms with van der Waals surface area (Å²) in [7, 11) is 1.77. The standard InChI is InChI=1S/C20H34N6O2/c1-13(21)11-16(20-23-14(2)25-28-20)19(22)26-10-9-17(18(12-26)27-3)24-15-7-5-4-6-8-15/h11,15,17-18,24H,4-10,12,21-22H2,1-3H3/b13-11-,19-16-. The van der Waals surface area contributed by atoms with Crippen molar-refractivity contribution in [3.8, 4) is 0 Å². The molecule has 0 spiro atoms. The zero-order chi connectivity index (χ0) is 20.1. The lowest BCUT2D eigenvalue weighted by Gasteiger charge is -2.41. The van der Waals surface area contributed by atoms with Crippen molar-refractivity contribution in [1.29, 1.82) is 0 Å². The highest BCUT2D eigenvalue weighted by molar-refractivity contribution is 5.71. The number of rotatable bonds is 6. The van der Waals surface area contributed by atoms with Crippen LogP contribution in [0.15, 0.2) is 22.1 Å². The predicted octanol–water partition coefficient (Wildman–Crippen LogP) is 1.88. The van der Waals surface area contributed by atoms with Crippen LogP contribution in [0.1, 0.15) is 57.2 Å². The van der Waals surface area contributed by atoms with Gasteiger partial charge >= 0.3 is 0 Å². The van der Waals surface area contributed by atoms with E-state index in [9.17, 15) is 0 Å². The fourth-order valence-corrected chi connectivity index (χ4v) is 4.19. The highest BCUT2D eigenvalue weighted by Gasteiger charge is 2.32. The molecule has 156 valence electrons. The fraction of sp³-hybridized carbons (Fsp3) is 0.700. The first kappa shape index (κ1) is 20.7. The molecule has 28 heavy (non-hydrogen) atoms. The van der Waals surface area contributed by atoms with Gasteiger partial charge in [-0.15, -0.1) is 0 Å². The zero-order valence-electron chi connectivity index (χ0n) is 17.3. The van der Waals surface area contributed by atoms with E-state index in [2.05, 4.69) is 20.4 Å². The second-order valence-corrected chi connectivity index (χ2v) is 7.95. The Hall–Kier alpha value is -2.06. The summed E-state index contributed by atoms with van der Waals surface area (Å²) in [5, 5.41) is 7.71. The van der Waals surface area contributed by atoms with Crippen LogP contribution in [0.25, 0.3) is 5.57 Å². The Kier molecular flexibility index (Phi) is 6.96. The molecule has 1 aromatic heterocycles. The van der Waals surface area contributed by atoms with Crippen LogP contribution < -0.4 is 16.8 Å². The molecule has 2 fully saturated rings. The first-order chi connectivity index (χ1) is 13.5. The summed E-state index contributed by atoms with van der Waals surface area (Å²) in [4.78, 5) is 6.45. The van der Waals surface area contributed by atoms with E-state index in [4.69, 9.17) is 20.7 Å². The number of nitrogens with two attached hydrogens (primary N) is 2. The topological polar surface area (TPSA) is 115 Å². The number of likely N-dealkylation sites (tertiary alicyclic amines) is 1. The van der Waals surface area contributed by atoms with Gasteiger partial charge in [0.25, 0.3) is 5.89 Å². The molecule has 1 aliphatic carbocycles. The third-order valence-corrected chi connectivity index (χ3v) is 5.66. The molecular weight excluding hydrogens is 356 g/mol. The van der Waals surface area contributed by atoms with Gasteiger partial charge in [0.2, 0.25) is 0 Å². The van der Waals surface area contributed by atoms with E-state index in [0.29, 0.717) is 47.4 Å². The molecule has 2 atom stereocenters. The number of methoxy groups -OCH3 is 1. The quantitative estimate of drug-likeness (QED) is 0.631. The monoisotopic (exact) mass is 390 g/mol. The van der Waals surface area contributed by atoms with Crippen molar-refractivity contribution < 1.29 is 9.26 Å². The minimum absolute atomic E-state index is 0.0721. The first-order valence-corrected chi connectivity index (χ1v) is 10.3. The van der Waals surface area contributed by atoms with Gasteiger partial charge < -0.3 is 30.9 Å². The Morgan fingerprint density at radius 2 is 2.00 bits per heavy atom. The van der Waals surface area contributed by atoms with E-state index in [1.54, 1.807) is 20.1 Å². The Morgan fingerprint density at radius 3 is 2.61 bits per heavy atom. The Labute approximate surface area is 167 Å². The van der Waals surface area contributed by atoms with Crippen molar-refractivity contribution in [2.75, 3.05) is 20.2 Å². The van der Waals surface area contributed by atoms with Gasteiger partial charge in [-0.3, -0.25) is 0 Å². The third kappa shape index (κ3) is 5.05. The van der Waals surface area contributed by atoms with Gasteiger partial charge in [0, 0.05) is 38.0 Å². The maximum atomic E-state index is 6.53. The average Bonchev–Trinajstić information content (AvgIpc) is 3.12. The molecule has 2 heterocycles. The molecule has 2 aliphatic rings. The second kappa shape index (κ2) is 9.43. The Bertz CT molecular complexity index is 703. The van der Waals surface area contributed by atoms with Crippen molar-refractivity contribution in [2.24, 2.45) is 11.5 Å². The molecule has 3 rings (SSSR count). The molecule has 8 heteroatoms. The predicted molar refractivity (Wildman–Crippen MR) is 109 cm³/mol. The largest absolute Gasteiger partial charge is 0.402 e. The van der Waals surface area contributed by atoms with Crippen molar-refractivity contribution in [3.63, 3.8) is 0 Å². The lowest BCUT2D eigenvalue weighted by molar-refractivity contribution is 0.0112. The third-order valence-electron chi connectivity index (χ3n) is 5.66. The lowest BCUT2D eigenvalue weighted by Crippen LogP contribution is -2.56. The average molecular weight is 391 g/mol. The van der Waals surface area contributed by atoms with Gasteiger partial charge in [-0.2, -0.15) is 4.98 Å². The van der Waals surface area contributed by atoms with Crippen LogP contribution in [-0.4, -0.2) is 53.4 Å². The summed E-state index contributed by atoms with van der Waals surface area (Å²) in [6, 6.07) is 0.952. The van der Waals surface area contributed by atoms with E-state index in [1.807, 2.05) is 6.92 Å². The van der Waals surface area contributed by atoms with Gasteiger partial charge in [-0.25, -0.2) is 0 Å². The summed E-state index contributed by atoms with van der Waals surface area (Å²) < 4.78 is 11.2. The van der Waals surface area contributed by atoms with Crippen LogP contribution in [0.3, 0.4) is 0 Å². The summed E-state index contributed by atoms with van der Waals surface area (Å²) in [5.41, 5.74) is 13.7. The molecule has 0 bridgehead atoms. The van der Waals surface area contributed by atoms with E-state index in [1.165, 1.54) is 32.1 Å². The number of hydrogen-bond donors (Lipinski definition) is 3. The van der Waals surface area contributed by atoms with Crippen LogP contribution in [0.4, 0.5) is 0 Å². The SMILES string of the molecule is COC1CN(/C(N)=C(/C=C(/C)N)c2nc(C)no2)CCC1NC1CCCCC1. The summed E-state index contributed by atoms with van der Waals surface area (Å²) in [5.74, 6) is 1.54. The van der Waals surface area contributed by atoms with Crippen LogP contribution in [-0.2, 0) is 4.74 Å². The molecule has 0 radical (unpaired) electrons. The lowest BCUT2D eigenvalue weighted by atomic mass is 9.92. The number of nitrogens with zero attached hydrogens (tertiary/aromatic N) is 3. The molecule has 1 aliphatic heterocycles. The van der Waals surface area contributed by atoms with Crippen LogP contribution in [0.5, 0.6) is 0 Å². The Morgan fingerprint density at radius 1 is 1.25 bits per heavy atom. The Balaban J connectivity index is 1.75. The summed E-state index contributed by atoms with van der Waals surface area (Å²) in [6.07, 6.45) is 9.36.